The van der Waals surface area contributed by atoms with Gasteiger partial charge >= 0.3 is 6.30 Å². The average molecular weight is 161 g/mol. The van der Waals surface area contributed by atoms with E-state index in [1.54, 1.807) is 0 Å². The van der Waals surface area contributed by atoms with E-state index in [2.05, 4.69) is 0 Å². The zero-order valence-electron chi connectivity index (χ0n) is 2.13. The molecule has 32 valence electrons. The van der Waals surface area contributed by atoms with Crippen molar-refractivity contribution in [3.05, 3.63) is 0 Å². The lowest BCUT2D eigenvalue weighted by Crippen LogP contribution is -1.53. The molecule has 3 nitrogen and oxygen atoms in total. The van der Waals surface area contributed by atoms with E-state index >= 15 is 0 Å². The predicted octanol–water partition coefficient (Wildman–Crippen LogP) is 0.474. The fourth-order valence-corrected chi connectivity index (χ4v) is 0. The van der Waals surface area contributed by atoms with Gasteiger partial charge in [-0.25, -0.2) is 4.57 Å². The van der Waals surface area contributed by atoms with Crippen LogP contribution in [-0.4, -0.2) is 9.79 Å². The molecular formula is H2BrO3P. The summed E-state index contributed by atoms with van der Waals surface area (Å²) in [6.07, 6.45) is -3.83. The molecule has 0 aromatic heterocycles. The molecule has 0 saturated heterocycles. The first kappa shape index (κ1) is 5.63. The Bertz CT molecular complexity index is 53.0. The zero-order valence-corrected chi connectivity index (χ0v) is 4.61. The van der Waals surface area contributed by atoms with E-state index in [9.17, 15) is 4.57 Å². The maximum atomic E-state index is 9.24. The molecule has 0 amide bonds. The van der Waals surface area contributed by atoms with Gasteiger partial charge in [-0.15, -0.1) is 0 Å². The highest BCUT2D eigenvalue weighted by atomic mass is 79.9. The van der Waals surface area contributed by atoms with Crippen molar-refractivity contribution in [1.82, 2.24) is 0 Å². The lowest BCUT2D eigenvalue weighted by Gasteiger charge is -1.81. The summed E-state index contributed by atoms with van der Waals surface area (Å²) in [4.78, 5) is 15.1. The Kier molecular flexibility index (Phi) is 1.56. The van der Waals surface area contributed by atoms with Crippen LogP contribution in [0.4, 0.5) is 0 Å². The summed E-state index contributed by atoms with van der Waals surface area (Å²) in [7, 11) is 0. The fourth-order valence-electron chi connectivity index (χ4n) is 0. The molecule has 0 aliphatic rings. The second kappa shape index (κ2) is 1.39. The largest absolute Gasteiger partial charge is 0.391 e. The normalized spacial score (nSPS) is 11.8. The predicted molar refractivity (Wildman–Crippen MR) is 21.0 cm³/mol. The van der Waals surface area contributed by atoms with Crippen LogP contribution in [0.1, 0.15) is 0 Å². The first-order valence-corrected chi connectivity index (χ1v) is 4.38. The van der Waals surface area contributed by atoms with Gasteiger partial charge in [0.15, 0.2) is 0 Å². The number of rotatable bonds is 0. The lowest BCUT2D eigenvalue weighted by molar-refractivity contribution is 0.399. The average Bonchev–Trinajstić information content (AvgIpc) is 0.722. The van der Waals surface area contributed by atoms with Crippen LogP contribution in [0.3, 0.4) is 0 Å². The van der Waals surface area contributed by atoms with E-state index in [0.717, 1.165) is 0 Å². The monoisotopic (exact) mass is 160 g/mol. The molecule has 0 aromatic rings. The molecule has 2 N–H and O–H groups in total. The Hall–Kier alpha value is 0.630. The van der Waals surface area contributed by atoms with E-state index in [-0.39, 0.29) is 0 Å². The molecule has 0 atom stereocenters. The van der Waals surface area contributed by atoms with Crippen molar-refractivity contribution in [2.24, 2.45) is 0 Å². The van der Waals surface area contributed by atoms with Gasteiger partial charge < -0.3 is 9.79 Å². The van der Waals surface area contributed by atoms with Crippen molar-refractivity contribution >= 4 is 21.8 Å². The van der Waals surface area contributed by atoms with Gasteiger partial charge in [0.25, 0.3) is 0 Å². The second-order valence-corrected chi connectivity index (χ2v) is 4.19. The summed E-state index contributed by atoms with van der Waals surface area (Å²) < 4.78 is 9.24. The van der Waals surface area contributed by atoms with Crippen LogP contribution in [0, 0.1) is 0 Å². The molecule has 0 bridgehead atoms. The summed E-state index contributed by atoms with van der Waals surface area (Å²) in [5, 5.41) is 0. The maximum Gasteiger partial charge on any atom is 0.391 e. The Morgan fingerprint density at radius 3 is 1.60 bits per heavy atom. The van der Waals surface area contributed by atoms with Crippen molar-refractivity contribution < 1.29 is 14.4 Å². The molecule has 0 spiro atoms. The van der Waals surface area contributed by atoms with E-state index in [0.29, 0.717) is 0 Å². The lowest BCUT2D eigenvalue weighted by atomic mass is 15.8. The van der Waals surface area contributed by atoms with Crippen molar-refractivity contribution in [2.75, 3.05) is 0 Å². The van der Waals surface area contributed by atoms with Crippen LogP contribution in [-0.2, 0) is 4.57 Å². The van der Waals surface area contributed by atoms with Crippen LogP contribution >= 0.6 is 21.8 Å². The Morgan fingerprint density at radius 1 is 1.60 bits per heavy atom. The van der Waals surface area contributed by atoms with Crippen molar-refractivity contribution in [2.45, 2.75) is 0 Å². The van der Waals surface area contributed by atoms with Crippen LogP contribution in [0.15, 0.2) is 0 Å². The Balaban J connectivity index is 3.47. The summed E-state index contributed by atoms with van der Waals surface area (Å²) in [5.41, 5.74) is 0. The number of hydrogen-bond acceptors (Lipinski definition) is 1. The Morgan fingerprint density at radius 2 is 1.60 bits per heavy atom. The van der Waals surface area contributed by atoms with Crippen molar-refractivity contribution in [3.8, 4) is 0 Å². The molecule has 0 aliphatic heterocycles. The fraction of sp³-hybridized carbons (Fsp3) is 0. The first-order valence-electron chi connectivity index (χ1n) is 0.752. The molecule has 0 fully saturated rings. The summed E-state index contributed by atoms with van der Waals surface area (Å²) >= 11 is 2.04. The van der Waals surface area contributed by atoms with Gasteiger partial charge in [0.1, 0.15) is 0 Å². The molecule has 5 heavy (non-hydrogen) atoms. The third kappa shape index (κ3) is 80.7. The minimum atomic E-state index is -3.83. The molecule has 0 aromatic carbocycles. The first-order chi connectivity index (χ1) is 2.00. The van der Waals surface area contributed by atoms with Gasteiger partial charge in [0.05, 0.1) is 0 Å². The molecule has 0 unspecified atom stereocenters. The zero-order chi connectivity index (χ0) is 4.50. The van der Waals surface area contributed by atoms with Crippen LogP contribution in [0.25, 0.3) is 0 Å². The minimum absolute atomic E-state index is 2.04. The highest BCUT2D eigenvalue weighted by Gasteiger charge is 1.99. The maximum absolute atomic E-state index is 9.24. The van der Waals surface area contributed by atoms with Crippen LogP contribution < -0.4 is 0 Å². The molecular weight excluding hydrogens is 159 g/mol. The highest BCUT2D eigenvalue weighted by molar-refractivity contribution is 9.39. The molecule has 0 rings (SSSR count). The topological polar surface area (TPSA) is 57.5 Å². The third-order valence-corrected chi connectivity index (χ3v) is 0. The standard InChI is InChI=1S/BrH2O3P/c1-5(2,3)4/h(H2,2,3,4). The van der Waals surface area contributed by atoms with Gasteiger partial charge in [-0.05, 0) is 0 Å². The Labute approximate surface area is 36.9 Å². The second-order valence-electron chi connectivity index (χ2n) is 0.473. The molecule has 0 saturated carbocycles. The quantitative estimate of drug-likeness (QED) is 0.507. The van der Waals surface area contributed by atoms with Crippen molar-refractivity contribution in [3.63, 3.8) is 0 Å². The number of halogens is 1. The van der Waals surface area contributed by atoms with E-state index in [1.165, 1.54) is 0 Å². The van der Waals surface area contributed by atoms with Gasteiger partial charge in [-0.1, -0.05) is 0 Å². The smallest absolute Gasteiger partial charge is 0.316 e. The van der Waals surface area contributed by atoms with Gasteiger partial charge in [-0.3, -0.25) is 0 Å². The van der Waals surface area contributed by atoms with Crippen LogP contribution in [0.5, 0.6) is 0 Å². The van der Waals surface area contributed by atoms with Gasteiger partial charge in [0, 0.05) is 15.5 Å². The van der Waals surface area contributed by atoms with E-state index < -0.39 is 6.30 Å². The van der Waals surface area contributed by atoms with Gasteiger partial charge in [0.2, 0.25) is 0 Å². The summed E-state index contributed by atoms with van der Waals surface area (Å²) in [6, 6.07) is 0. The van der Waals surface area contributed by atoms with E-state index in [1.807, 2.05) is 15.5 Å². The van der Waals surface area contributed by atoms with Crippen LogP contribution in [0.2, 0.25) is 0 Å². The summed E-state index contributed by atoms with van der Waals surface area (Å²) in [6.45, 7) is 0. The SMILES string of the molecule is O=P(O)(O)Br. The summed E-state index contributed by atoms with van der Waals surface area (Å²) in [5.74, 6) is 0. The molecule has 0 radical (unpaired) electrons. The molecule has 0 heterocycles. The highest BCUT2D eigenvalue weighted by Crippen LogP contribution is 2.43. The van der Waals surface area contributed by atoms with E-state index in [4.69, 9.17) is 9.79 Å². The molecule has 0 aliphatic carbocycles. The number of hydrogen-bond donors (Lipinski definition) is 2. The third-order valence-electron chi connectivity index (χ3n) is 0. The van der Waals surface area contributed by atoms with Gasteiger partial charge in [-0.2, -0.15) is 0 Å². The minimum Gasteiger partial charge on any atom is -0.316 e. The molecule has 5 heteroatoms. The van der Waals surface area contributed by atoms with Crippen molar-refractivity contribution in [1.29, 1.82) is 0 Å².